The van der Waals surface area contributed by atoms with Gasteiger partial charge < -0.3 is 5.32 Å². The van der Waals surface area contributed by atoms with Gasteiger partial charge in [0.05, 0.1) is 5.69 Å². The second-order valence-electron chi connectivity index (χ2n) is 9.06. The van der Waals surface area contributed by atoms with Gasteiger partial charge in [0.1, 0.15) is 0 Å². The van der Waals surface area contributed by atoms with Crippen molar-refractivity contribution in [2.75, 3.05) is 19.6 Å². The Morgan fingerprint density at radius 2 is 1.90 bits per heavy atom. The van der Waals surface area contributed by atoms with Crippen molar-refractivity contribution >= 4 is 5.91 Å². The second-order valence-corrected chi connectivity index (χ2v) is 9.06. The molecule has 5 nitrogen and oxygen atoms in total. The molecule has 1 unspecified atom stereocenters. The summed E-state index contributed by atoms with van der Waals surface area (Å²) < 4.78 is 2.07. The van der Waals surface area contributed by atoms with Crippen LogP contribution in [0.5, 0.6) is 0 Å². The predicted molar refractivity (Wildman–Crippen MR) is 123 cm³/mol. The fraction of sp³-hybridized carbons (Fsp3) is 0.385. The van der Waals surface area contributed by atoms with Gasteiger partial charge in [-0.1, -0.05) is 48.0 Å². The molecule has 1 N–H and O–H groups in total. The number of fused-ring (bicyclic) bond motifs is 3. The van der Waals surface area contributed by atoms with Crippen LogP contribution in [0.1, 0.15) is 40.4 Å². The SMILES string of the molecule is Cc1ccc(C(=O)NC[C@H]2C[C@@H]3CCN2C[C@@H]3c2cc(-c3ccccc3)nn2C)cc1. The molecule has 3 saturated heterocycles. The number of nitrogens with one attached hydrogen (secondary N) is 1. The first-order valence-electron chi connectivity index (χ1n) is 11.3. The van der Waals surface area contributed by atoms with Crippen molar-refractivity contribution in [1.29, 1.82) is 0 Å². The third kappa shape index (κ3) is 4.02. The van der Waals surface area contributed by atoms with Crippen molar-refractivity contribution in [3.8, 4) is 11.3 Å². The third-order valence-corrected chi connectivity index (χ3v) is 7.06. The van der Waals surface area contributed by atoms with Crippen LogP contribution < -0.4 is 5.32 Å². The Bertz CT molecular complexity index is 1060. The minimum absolute atomic E-state index is 0.0262. The van der Waals surface area contributed by atoms with E-state index in [1.807, 2.05) is 37.3 Å². The first-order chi connectivity index (χ1) is 15.1. The number of benzene rings is 2. The van der Waals surface area contributed by atoms with Crippen molar-refractivity contribution in [1.82, 2.24) is 20.0 Å². The van der Waals surface area contributed by atoms with E-state index in [1.165, 1.54) is 23.2 Å². The normalized spacial score (nSPS) is 24.8. The van der Waals surface area contributed by atoms with Crippen molar-refractivity contribution < 1.29 is 4.79 Å². The quantitative estimate of drug-likeness (QED) is 0.686. The van der Waals surface area contributed by atoms with E-state index in [4.69, 9.17) is 5.10 Å². The van der Waals surface area contributed by atoms with Gasteiger partial charge in [0.2, 0.25) is 0 Å². The highest BCUT2D eigenvalue weighted by Gasteiger charge is 2.41. The van der Waals surface area contributed by atoms with E-state index in [0.717, 1.165) is 37.3 Å². The van der Waals surface area contributed by atoms with Crippen molar-refractivity contribution in [2.24, 2.45) is 13.0 Å². The molecule has 5 heteroatoms. The molecular weight excluding hydrogens is 384 g/mol. The van der Waals surface area contributed by atoms with Crippen LogP contribution in [-0.4, -0.2) is 46.3 Å². The Kier molecular flexibility index (Phi) is 5.36. The Morgan fingerprint density at radius 1 is 1.13 bits per heavy atom. The van der Waals surface area contributed by atoms with Gasteiger partial charge in [0, 0.05) is 48.9 Å². The van der Waals surface area contributed by atoms with E-state index in [2.05, 4.69) is 52.3 Å². The predicted octanol–water partition coefficient (Wildman–Crippen LogP) is 4.00. The van der Waals surface area contributed by atoms with Crippen LogP contribution in [0.25, 0.3) is 11.3 Å². The summed E-state index contributed by atoms with van der Waals surface area (Å²) in [5.74, 6) is 1.18. The number of carbonyl (C=O) groups excluding carboxylic acids is 1. The molecule has 0 radical (unpaired) electrons. The zero-order chi connectivity index (χ0) is 21.4. The topological polar surface area (TPSA) is 50.2 Å². The molecule has 4 heterocycles. The molecule has 3 aliphatic rings. The summed E-state index contributed by atoms with van der Waals surface area (Å²) >= 11 is 0. The summed E-state index contributed by atoms with van der Waals surface area (Å²) in [5.41, 5.74) is 5.46. The molecule has 3 fully saturated rings. The van der Waals surface area contributed by atoms with Crippen LogP contribution in [0.4, 0.5) is 0 Å². The summed E-state index contributed by atoms with van der Waals surface area (Å²) in [7, 11) is 2.07. The molecule has 2 bridgehead atoms. The van der Waals surface area contributed by atoms with E-state index in [-0.39, 0.29) is 5.91 Å². The van der Waals surface area contributed by atoms with Crippen LogP contribution in [0, 0.1) is 12.8 Å². The van der Waals surface area contributed by atoms with E-state index in [0.29, 0.717) is 17.9 Å². The van der Waals surface area contributed by atoms with Crippen LogP contribution in [0.15, 0.2) is 60.7 Å². The molecule has 3 aliphatic heterocycles. The van der Waals surface area contributed by atoms with Crippen molar-refractivity contribution in [2.45, 2.75) is 31.7 Å². The van der Waals surface area contributed by atoms with E-state index < -0.39 is 0 Å². The van der Waals surface area contributed by atoms with Gasteiger partial charge in [-0.3, -0.25) is 14.4 Å². The minimum Gasteiger partial charge on any atom is -0.350 e. The molecule has 2 aromatic carbocycles. The summed E-state index contributed by atoms with van der Waals surface area (Å²) in [6.45, 7) is 4.92. The lowest BCUT2D eigenvalue weighted by molar-refractivity contribution is 0.0280. The zero-order valence-electron chi connectivity index (χ0n) is 18.3. The molecule has 3 aromatic rings. The van der Waals surface area contributed by atoms with E-state index in [9.17, 15) is 4.79 Å². The Hall–Kier alpha value is -2.92. The number of amides is 1. The van der Waals surface area contributed by atoms with Gasteiger partial charge in [0.25, 0.3) is 5.91 Å². The van der Waals surface area contributed by atoms with Gasteiger partial charge in [0.15, 0.2) is 0 Å². The fourth-order valence-electron chi connectivity index (χ4n) is 5.28. The smallest absolute Gasteiger partial charge is 0.251 e. The molecule has 0 aliphatic carbocycles. The van der Waals surface area contributed by atoms with E-state index in [1.54, 1.807) is 0 Å². The van der Waals surface area contributed by atoms with Gasteiger partial charge in [-0.2, -0.15) is 5.10 Å². The van der Waals surface area contributed by atoms with Gasteiger partial charge in [-0.15, -0.1) is 0 Å². The average molecular weight is 415 g/mol. The van der Waals surface area contributed by atoms with Crippen LogP contribution >= 0.6 is 0 Å². The Morgan fingerprint density at radius 3 is 2.61 bits per heavy atom. The fourth-order valence-corrected chi connectivity index (χ4v) is 5.28. The molecule has 1 aromatic heterocycles. The maximum absolute atomic E-state index is 12.5. The number of rotatable bonds is 5. The van der Waals surface area contributed by atoms with Crippen molar-refractivity contribution in [3.63, 3.8) is 0 Å². The molecule has 0 spiro atoms. The number of carbonyl (C=O) groups is 1. The first-order valence-corrected chi connectivity index (χ1v) is 11.3. The molecule has 0 saturated carbocycles. The molecule has 6 rings (SSSR count). The number of aromatic nitrogens is 2. The lowest BCUT2D eigenvalue weighted by atomic mass is 9.74. The van der Waals surface area contributed by atoms with Crippen molar-refractivity contribution in [3.05, 3.63) is 77.5 Å². The van der Waals surface area contributed by atoms with Gasteiger partial charge in [-0.05, 0) is 50.4 Å². The molecule has 160 valence electrons. The summed E-state index contributed by atoms with van der Waals surface area (Å²) in [6, 6.07) is 20.9. The standard InChI is InChI=1S/C26H30N4O/c1-18-8-10-20(11-9-18)26(31)27-16-22-14-21-12-13-30(22)17-23(21)25-15-24(28-29(25)2)19-6-4-3-5-7-19/h3-11,15,21-23H,12-14,16-17H2,1-2H3,(H,27,31)/t21-,22+,23-/m0/s1. The Balaban J connectivity index is 1.25. The maximum Gasteiger partial charge on any atom is 0.251 e. The largest absolute Gasteiger partial charge is 0.350 e. The molecule has 1 amide bonds. The first kappa shape index (κ1) is 20.0. The number of hydrogen-bond donors (Lipinski definition) is 1. The number of nitrogens with zero attached hydrogens (tertiary/aromatic N) is 3. The Labute approximate surface area is 184 Å². The summed E-state index contributed by atoms with van der Waals surface area (Å²) in [5, 5.41) is 7.97. The average Bonchev–Trinajstić information content (AvgIpc) is 3.20. The lowest BCUT2D eigenvalue weighted by Crippen LogP contribution is -2.56. The lowest BCUT2D eigenvalue weighted by Gasteiger charge is -2.50. The summed E-state index contributed by atoms with van der Waals surface area (Å²) in [6.07, 6.45) is 2.35. The second kappa shape index (κ2) is 8.31. The highest BCUT2D eigenvalue weighted by atomic mass is 16.1. The molecule has 4 atom stereocenters. The maximum atomic E-state index is 12.5. The molecule has 31 heavy (non-hydrogen) atoms. The number of aryl methyl sites for hydroxylation is 2. The van der Waals surface area contributed by atoms with Crippen LogP contribution in [-0.2, 0) is 7.05 Å². The van der Waals surface area contributed by atoms with E-state index >= 15 is 0 Å². The number of piperidine rings is 3. The minimum atomic E-state index is 0.0262. The summed E-state index contributed by atoms with van der Waals surface area (Å²) in [4.78, 5) is 15.1. The highest BCUT2D eigenvalue weighted by molar-refractivity contribution is 5.94. The van der Waals surface area contributed by atoms with Crippen LogP contribution in [0.3, 0.4) is 0 Å². The zero-order valence-corrected chi connectivity index (χ0v) is 18.3. The molecular formula is C26H30N4O. The highest BCUT2D eigenvalue weighted by Crippen LogP contribution is 2.42. The van der Waals surface area contributed by atoms with Gasteiger partial charge in [-0.25, -0.2) is 0 Å². The van der Waals surface area contributed by atoms with Gasteiger partial charge >= 0.3 is 0 Å². The van der Waals surface area contributed by atoms with Crippen LogP contribution in [0.2, 0.25) is 0 Å². The third-order valence-electron chi connectivity index (χ3n) is 7.06. The monoisotopic (exact) mass is 414 g/mol. The number of hydrogen-bond acceptors (Lipinski definition) is 3.